The monoisotopic (exact) mass is 644 g/mol. The van der Waals surface area contributed by atoms with Gasteiger partial charge in [0.1, 0.15) is 17.7 Å². The highest BCUT2D eigenvalue weighted by atomic mass is 32.2. The molecule has 10 nitrogen and oxygen atoms in total. The Balaban J connectivity index is 1.44. The summed E-state index contributed by atoms with van der Waals surface area (Å²) in [5, 5.41) is 12.4. The number of anilines is 1. The van der Waals surface area contributed by atoms with Gasteiger partial charge < -0.3 is 24.8 Å². The van der Waals surface area contributed by atoms with E-state index in [1.54, 1.807) is 4.90 Å². The summed E-state index contributed by atoms with van der Waals surface area (Å²) >= 11 is 0. The third-order valence-corrected chi connectivity index (χ3v) is 8.64. The largest absolute Gasteiger partial charge is 0.489 e. The molecule has 4 rings (SSSR count). The zero-order valence-electron chi connectivity index (χ0n) is 23.2. The van der Waals surface area contributed by atoms with Crippen LogP contribution in [0, 0.1) is 0 Å². The molecule has 0 saturated carbocycles. The molecule has 44 heavy (non-hydrogen) atoms. The Morgan fingerprint density at radius 2 is 1.82 bits per heavy atom. The van der Waals surface area contributed by atoms with Crippen molar-refractivity contribution in [2.45, 2.75) is 49.2 Å². The number of nitrogens with one attached hydrogen (secondary N) is 1. The van der Waals surface area contributed by atoms with Gasteiger partial charge in [-0.25, -0.2) is 13.4 Å². The second kappa shape index (κ2) is 13.8. The number of rotatable bonds is 12. The summed E-state index contributed by atoms with van der Waals surface area (Å²) in [4.78, 5) is 22.9. The number of halogens is 5. The van der Waals surface area contributed by atoms with E-state index in [0.29, 0.717) is 5.82 Å². The van der Waals surface area contributed by atoms with E-state index in [2.05, 4.69) is 20.0 Å². The maximum absolute atomic E-state index is 12.9. The molecule has 2 N–H and O–H groups in total. The van der Waals surface area contributed by atoms with Crippen molar-refractivity contribution in [3.8, 4) is 5.75 Å². The van der Waals surface area contributed by atoms with Crippen LogP contribution in [0.1, 0.15) is 41.0 Å². The van der Waals surface area contributed by atoms with Gasteiger partial charge in [0.25, 0.3) is 5.91 Å². The van der Waals surface area contributed by atoms with Crippen LogP contribution in [0.4, 0.5) is 27.8 Å². The first-order valence-electron chi connectivity index (χ1n) is 13.4. The first kappa shape index (κ1) is 33.0. The molecule has 1 aliphatic rings. The lowest BCUT2D eigenvalue weighted by atomic mass is 10.1. The molecule has 1 unspecified atom stereocenters. The third kappa shape index (κ3) is 8.18. The summed E-state index contributed by atoms with van der Waals surface area (Å²) in [5.74, 6) is -0.233. The van der Waals surface area contributed by atoms with Gasteiger partial charge in [-0.3, -0.25) is 9.78 Å². The van der Waals surface area contributed by atoms with Crippen LogP contribution in [-0.2, 0) is 20.8 Å². The molecule has 0 spiro atoms. The fraction of sp³-hybridized carbons (Fsp3) is 0.393. The predicted octanol–water partition coefficient (Wildman–Crippen LogP) is 4.02. The van der Waals surface area contributed by atoms with Crippen LogP contribution in [-0.4, -0.2) is 73.7 Å². The number of alkyl halides is 5. The Labute approximate surface area is 249 Å². The zero-order chi connectivity index (χ0) is 32.1. The summed E-state index contributed by atoms with van der Waals surface area (Å²) in [6.45, 7) is -2.27. The summed E-state index contributed by atoms with van der Waals surface area (Å²) in [5.41, 5.74) is -0.496. The van der Waals surface area contributed by atoms with E-state index in [1.165, 1.54) is 49.5 Å². The Morgan fingerprint density at radius 1 is 1.09 bits per heavy atom. The maximum Gasteiger partial charge on any atom is 0.416 e. The van der Waals surface area contributed by atoms with Crippen molar-refractivity contribution >= 4 is 21.6 Å². The van der Waals surface area contributed by atoms with Crippen LogP contribution in [0.15, 0.2) is 65.8 Å². The lowest BCUT2D eigenvalue weighted by Crippen LogP contribution is -2.35. The van der Waals surface area contributed by atoms with Crippen molar-refractivity contribution in [3.05, 3.63) is 77.7 Å². The smallest absolute Gasteiger partial charge is 0.416 e. The number of sulfone groups is 1. The van der Waals surface area contributed by atoms with E-state index in [4.69, 9.17) is 4.74 Å². The fourth-order valence-electron chi connectivity index (χ4n) is 4.59. The summed E-state index contributed by atoms with van der Waals surface area (Å²) < 4.78 is 98.6. The van der Waals surface area contributed by atoms with Gasteiger partial charge in [-0.1, -0.05) is 6.92 Å². The van der Waals surface area contributed by atoms with Crippen LogP contribution in [0.5, 0.6) is 5.75 Å². The molecule has 16 heteroatoms. The second-order valence-corrected chi connectivity index (χ2v) is 12.1. The molecule has 3 aromatic rings. The van der Waals surface area contributed by atoms with Crippen molar-refractivity contribution in [2.75, 3.05) is 30.4 Å². The number of benzene rings is 1. The number of carbonyl (C=O) groups is 1. The molecule has 2 aromatic heterocycles. The first-order chi connectivity index (χ1) is 20.8. The number of nitrogens with zero attached hydrogens (tertiary/aromatic N) is 3. The minimum absolute atomic E-state index is 0.0118. The van der Waals surface area contributed by atoms with Crippen molar-refractivity contribution in [1.29, 1.82) is 0 Å². The van der Waals surface area contributed by atoms with Gasteiger partial charge in [0.05, 0.1) is 59.3 Å². The van der Waals surface area contributed by atoms with Crippen LogP contribution in [0.3, 0.4) is 0 Å². The molecule has 0 aliphatic carbocycles. The fourth-order valence-corrected chi connectivity index (χ4v) is 5.41. The average Bonchev–Trinajstić information content (AvgIpc) is 3.41. The van der Waals surface area contributed by atoms with Crippen LogP contribution in [0.25, 0.3) is 0 Å². The molecule has 3 atom stereocenters. The highest BCUT2D eigenvalue weighted by Gasteiger charge is 2.36. The predicted molar refractivity (Wildman–Crippen MR) is 147 cm³/mol. The highest BCUT2D eigenvalue weighted by molar-refractivity contribution is 7.91. The molecule has 1 aromatic carbocycles. The third-order valence-electron chi connectivity index (χ3n) is 6.92. The standard InChI is InChI=1S/C28H29F5N4O6S/c1-2-44(40,41)22-8-9-23(34-13-22)24(15-38)36-26(39)17-3-10-25(35-12-17)37-14-21(11-19(37)16-42-27(29)30)43-20-6-4-18(5-7-20)28(31,32)33/h3-10,12-13,19,21,24,27,38H,2,11,14-16H2,1H3,(H,36,39)/t19-,21-,24?/m0/s1. The van der Waals surface area contributed by atoms with E-state index in [0.717, 1.165) is 18.3 Å². The van der Waals surface area contributed by atoms with Crippen molar-refractivity contribution in [3.63, 3.8) is 0 Å². The van der Waals surface area contributed by atoms with E-state index in [-0.39, 0.29) is 47.2 Å². The van der Waals surface area contributed by atoms with E-state index >= 15 is 0 Å². The van der Waals surface area contributed by atoms with E-state index in [9.17, 15) is 40.3 Å². The van der Waals surface area contributed by atoms with Crippen LogP contribution in [0.2, 0.25) is 0 Å². The second-order valence-electron chi connectivity index (χ2n) is 9.83. The van der Waals surface area contributed by atoms with Gasteiger partial charge in [0, 0.05) is 18.8 Å². The lowest BCUT2D eigenvalue weighted by molar-refractivity contribution is -0.137. The minimum atomic E-state index is -4.50. The van der Waals surface area contributed by atoms with Crippen molar-refractivity contribution < 1.29 is 49.7 Å². The Morgan fingerprint density at radius 3 is 2.36 bits per heavy atom. The van der Waals surface area contributed by atoms with E-state index in [1.807, 2.05) is 0 Å². The van der Waals surface area contributed by atoms with Gasteiger partial charge in [0.15, 0.2) is 9.84 Å². The molecule has 1 fully saturated rings. The highest BCUT2D eigenvalue weighted by Crippen LogP contribution is 2.32. The Kier molecular flexibility index (Phi) is 10.4. The molecule has 1 amide bonds. The van der Waals surface area contributed by atoms with Gasteiger partial charge in [-0.2, -0.15) is 22.0 Å². The Hall–Kier alpha value is -3.89. The van der Waals surface area contributed by atoms with Gasteiger partial charge in [-0.15, -0.1) is 0 Å². The summed E-state index contributed by atoms with van der Waals surface area (Å²) in [7, 11) is -3.48. The number of ether oxygens (including phenoxy) is 2. The van der Waals surface area contributed by atoms with Gasteiger partial charge >= 0.3 is 12.8 Å². The minimum Gasteiger partial charge on any atom is -0.489 e. The van der Waals surface area contributed by atoms with Gasteiger partial charge in [0.2, 0.25) is 0 Å². The number of pyridine rings is 2. The quantitative estimate of drug-likeness (QED) is 0.281. The number of hydrogen-bond donors (Lipinski definition) is 2. The Bertz CT molecular complexity index is 1510. The molecule has 0 bridgehead atoms. The number of aliphatic hydroxyl groups excluding tert-OH is 1. The van der Waals surface area contributed by atoms with Crippen molar-refractivity contribution in [2.24, 2.45) is 0 Å². The number of aliphatic hydroxyl groups is 1. The number of aromatic nitrogens is 2. The van der Waals surface area contributed by atoms with Gasteiger partial charge in [-0.05, 0) is 48.5 Å². The van der Waals surface area contributed by atoms with Crippen LogP contribution < -0.4 is 15.0 Å². The number of hydrogen-bond acceptors (Lipinski definition) is 9. The molecule has 238 valence electrons. The number of amides is 1. The molecule has 0 radical (unpaired) electrons. The molecular formula is C28H29F5N4O6S. The topological polar surface area (TPSA) is 131 Å². The summed E-state index contributed by atoms with van der Waals surface area (Å²) in [6.07, 6.45) is -2.48. The average molecular weight is 645 g/mol. The normalized spacial score (nSPS) is 18.0. The molecular weight excluding hydrogens is 615 g/mol. The first-order valence-corrected chi connectivity index (χ1v) is 15.0. The van der Waals surface area contributed by atoms with Crippen molar-refractivity contribution in [1.82, 2.24) is 15.3 Å². The maximum atomic E-state index is 12.9. The number of carbonyl (C=O) groups excluding carboxylic acids is 1. The SMILES string of the molecule is CCS(=O)(=O)c1ccc(C(CO)NC(=O)c2ccc(N3C[C@@H](Oc4ccc(C(F)(F)F)cc4)C[C@H]3COC(F)F)nc2)nc1. The molecule has 3 heterocycles. The zero-order valence-corrected chi connectivity index (χ0v) is 24.1. The summed E-state index contributed by atoms with van der Waals surface area (Å²) in [6, 6.07) is 8.22. The molecule has 1 aliphatic heterocycles. The van der Waals surface area contributed by atoms with E-state index < -0.39 is 58.9 Å². The lowest BCUT2D eigenvalue weighted by Gasteiger charge is -2.25. The van der Waals surface area contributed by atoms with Crippen LogP contribution >= 0.6 is 0 Å². The molecule has 1 saturated heterocycles.